The molecule has 0 saturated carbocycles. The molecule has 1 N–H and O–H groups in total. The summed E-state index contributed by atoms with van der Waals surface area (Å²) < 4.78 is 5.81. The van der Waals surface area contributed by atoms with E-state index in [-0.39, 0.29) is 11.8 Å². The fourth-order valence-corrected chi connectivity index (χ4v) is 1.50. The van der Waals surface area contributed by atoms with Crippen LogP contribution in [0.15, 0.2) is 0 Å². The Kier molecular flexibility index (Phi) is 2.50. The van der Waals surface area contributed by atoms with Gasteiger partial charge in [-0.15, -0.1) is 0 Å². The van der Waals surface area contributed by atoms with E-state index in [1.165, 1.54) is 0 Å². The van der Waals surface area contributed by atoms with Crippen LogP contribution in [0.2, 0.25) is 0 Å². The first kappa shape index (κ1) is 10.0. The number of nitrogens with one attached hydrogen (secondary N) is 1. The maximum Gasteiger partial charge on any atom is 0.109 e. The van der Waals surface area contributed by atoms with E-state index in [0.717, 1.165) is 13.0 Å². The van der Waals surface area contributed by atoms with Gasteiger partial charge in [-0.25, -0.2) is 0 Å². The Bertz CT molecular complexity index is 158. The molecule has 2 heteroatoms. The highest BCUT2D eigenvalue weighted by molar-refractivity contribution is 4.83. The van der Waals surface area contributed by atoms with Crippen LogP contribution in [0.4, 0.5) is 0 Å². The third kappa shape index (κ3) is 3.11. The molecule has 1 atom stereocenters. The molecule has 1 aliphatic heterocycles. The van der Waals surface area contributed by atoms with E-state index in [9.17, 15) is 0 Å². The lowest BCUT2D eigenvalue weighted by atomic mass is 9.91. The van der Waals surface area contributed by atoms with Gasteiger partial charge < -0.3 is 4.74 Å². The minimum Gasteiger partial charge on any atom is -0.356 e. The molecule has 0 bridgehead atoms. The third-order valence-electron chi connectivity index (χ3n) is 2.01. The minimum atomic E-state index is 0.0237. The molecule has 1 saturated heterocycles. The molecule has 1 unspecified atom stereocenters. The van der Waals surface area contributed by atoms with Gasteiger partial charge in [-0.1, -0.05) is 20.8 Å². The van der Waals surface area contributed by atoms with Gasteiger partial charge in [0.15, 0.2) is 0 Å². The van der Waals surface area contributed by atoms with Crippen LogP contribution in [0.1, 0.15) is 41.0 Å². The van der Waals surface area contributed by atoms with Crippen LogP contribution in [0, 0.1) is 5.41 Å². The van der Waals surface area contributed by atoms with Crippen LogP contribution >= 0.6 is 0 Å². The summed E-state index contributed by atoms with van der Waals surface area (Å²) >= 11 is 0. The van der Waals surface area contributed by atoms with Crippen LogP contribution in [-0.4, -0.2) is 18.4 Å². The Labute approximate surface area is 75.7 Å². The second-order valence-electron chi connectivity index (χ2n) is 5.51. The minimum absolute atomic E-state index is 0.0237. The number of rotatable bonds is 1. The molecule has 0 aromatic rings. The fourth-order valence-electron chi connectivity index (χ4n) is 1.50. The number of ether oxygens (including phenoxy) is 1. The summed E-state index contributed by atoms with van der Waals surface area (Å²) in [5.41, 5.74) is 0.369. The lowest BCUT2D eigenvalue weighted by Crippen LogP contribution is -2.27. The van der Waals surface area contributed by atoms with Crippen LogP contribution in [0.25, 0.3) is 0 Å². The quantitative estimate of drug-likeness (QED) is 0.652. The molecule has 72 valence electrons. The predicted octanol–water partition coefficient (Wildman–Crippen LogP) is 2.15. The highest BCUT2D eigenvalue weighted by Crippen LogP contribution is 2.27. The first-order valence-electron chi connectivity index (χ1n) is 4.70. The molecule has 1 aliphatic rings. The molecule has 0 aliphatic carbocycles. The molecule has 0 radical (unpaired) electrons. The van der Waals surface area contributed by atoms with E-state index in [1.54, 1.807) is 0 Å². The van der Waals surface area contributed by atoms with Crippen molar-refractivity contribution in [2.75, 3.05) is 6.54 Å². The van der Waals surface area contributed by atoms with Crippen molar-refractivity contribution in [2.45, 2.75) is 52.9 Å². The van der Waals surface area contributed by atoms with Crippen molar-refractivity contribution in [3.8, 4) is 0 Å². The fraction of sp³-hybridized carbons (Fsp3) is 1.00. The lowest BCUT2D eigenvalue weighted by molar-refractivity contribution is -0.0305. The van der Waals surface area contributed by atoms with Crippen LogP contribution < -0.4 is 5.32 Å². The van der Waals surface area contributed by atoms with Gasteiger partial charge in [0.05, 0.1) is 5.60 Å². The average Bonchev–Trinajstić information content (AvgIpc) is 2.05. The Morgan fingerprint density at radius 1 is 1.42 bits per heavy atom. The molecule has 2 nitrogen and oxygen atoms in total. The molecule has 12 heavy (non-hydrogen) atoms. The monoisotopic (exact) mass is 171 g/mol. The molecule has 1 rings (SSSR count). The molecule has 1 fully saturated rings. The third-order valence-corrected chi connectivity index (χ3v) is 2.01. The van der Waals surface area contributed by atoms with E-state index in [0.29, 0.717) is 5.41 Å². The SMILES string of the molecule is CC(C)(C)CC1NCC(C)(C)O1. The Balaban J connectivity index is 2.39. The summed E-state index contributed by atoms with van der Waals surface area (Å²) in [5, 5.41) is 3.38. The van der Waals surface area contributed by atoms with Gasteiger partial charge in [0.2, 0.25) is 0 Å². The lowest BCUT2D eigenvalue weighted by Gasteiger charge is -2.24. The van der Waals surface area contributed by atoms with Crippen LogP contribution in [0.5, 0.6) is 0 Å². The van der Waals surface area contributed by atoms with Gasteiger partial charge in [0.1, 0.15) is 6.23 Å². The van der Waals surface area contributed by atoms with E-state index in [4.69, 9.17) is 4.74 Å². The van der Waals surface area contributed by atoms with Crippen molar-refractivity contribution in [3.63, 3.8) is 0 Å². The zero-order valence-electron chi connectivity index (χ0n) is 8.90. The Hall–Kier alpha value is -0.0800. The van der Waals surface area contributed by atoms with Crippen molar-refractivity contribution in [1.82, 2.24) is 5.32 Å². The highest BCUT2D eigenvalue weighted by atomic mass is 16.5. The molecule has 0 amide bonds. The molecular formula is C10H21NO. The summed E-state index contributed by atoms with van der Waals surface area (Å²) in [6, 6.07) is 0. The summed E-state index contributed by atoms with van der Waals surface area (Å²) in [6.07, 6.45) is 1.33. The summed E-state index contributed by atoms with van der Waals surface area (Å²) in [6.45, 7) is 11.9. The van der Waals surface area contributed by atoms with Crippen LogP contribution in [-0.2, 0) is 4.74 Å². The van der Waals surface area contributed by atoms with E-state index in [2.05, 4.69) is 39.9 Å². The van der Waals surface area contributed by atoms with E-state index >= 15 is 0 Å². The Morgan fingerprint density at radius 3 is 2.33 bits per heavy atom. The van der Waals surface area contributed by atoms with E-state index in [1.807, 2.05) is 0 Å². The first-order chi connectivity index (χ1) is 5.29. The van der Waals surface area contributed by atoms with Crippen LogP contribution in [0.3, 0.4) is 0 Å². The van der Waals surface area contributed by atoms with Gasteiger partial charge in [-0.3, -0.25) is 5.32 Å². The van der Waals surface area contributed by atoms with Crippen molar-refractivity contribution in [3.05, 3.63) is 0 Å². The molecule has 0 aromatic carbocycles. The first-order valence-corrected chi connectivity index (χ1v) is 4.70. The smallest absolute Gasteiger partial charge is 0.109 e. The van der Waals surface area contributed by atoms with Crippen molar-refractivity contribution >= 4 is 0 Å². The number of hydrogen-bond acceptors (Lipinski definition) is 2. The Morgan fingerprint density at radius 2 is 2.00 bits per heavy atom. The van der Waals surface area contributed by atoms with Crippen molar-refractivity contribution in [1.29, 1.82) is 0 Å². The topological polar surface area (TPSA) is 21.3 Å². The maximum absolute atomic E-state index is 5.81. The second kappa shape index (κ2) is 3.00. The summed E-state index contributed by atoms with van der Waals surface area (Å²) in [4.78, 5) is 0. The molecule has 1 heterocycles. The zero-order chi connectivity index (χ0) is 9.41. The molecule has 0 aromatic heterocycles. The maximum atomic E-state index is 5.81. The predicted molar refractivity (Wildman–Crippen MR) is 51.0 cm³/mol. The van der Waals surface area contributed by atoms with Gasteiger partial charge in [-0.2, -0.15) is 0 Å². The van der Waals surface area contributed by atoms with Crippen molar-refractivity contribution in [2.24, 2.45) is 5.41 Å². The van der Waals surface area contributed by atoms with Gasteiger partial charge >= 0.3 is 0 Å². The van der Waals surface area contributed by atoms with Gasteiger partial charge in [0, 0.05) is 6.54 Å². The summed E-state index contributed by atoms with van der Waals surface area (Å²) in [5.74, 6) is 0. The average molecular weight is 171 g/mol. The number of hydrogen-bond donors (Lipinski definition) is 1. The highest BCUT2D eigenvalue weighted by Gasteiger charge is 2.33. The van der Waals surface area contributed by atoms with Gasteiger partial charge in [-0.05, 0) is 25.7 Å². The van der Waals surface area contributed by atoms with E-state index < -0.39 is 0 Å². The normalized spacial score (nSPS) is 29.2. The summed E-state index contributed by atoms with van der Waals surface area (Å²) in [7, 11) is 0. The standard InChI is InChI=1S/C10H21NO/c1-9(2,3)6-8-11-7-10(4,5)12-8/h8,11H,6-7H2,1-5H3. The zero-order valence-corrected chi connectivity index (χ0v) is 8.90. The molecular weight excluding hydrogens is 150 g/mol. The second-order valence-corrected chi connectivity index (χ2v) is 5.51. The van der Waals surface area contributed by atoms with Gasteiger partial charge in [0.25, 0.3) is 0 Å². The van der Waals surface area contributed by atoms with Crippen molar-refractivity contribution < 1.29 is 4.74 Å². The largest absolute Gasteiger partial charge is 0.356 e. The molecule has 0 spiro atoms.